The zero-order valence-electron chi connectivity index (χ0n) is 13.8. The molecule has 0 spiro atoms. The van der Waals surface area contributed by atoms with Crippen LogP contribution < -0.4 is 35.3 Å². The van der Waals surface area contributed by atoms with E-state index in [-0.39, 0.29) is 62.1 Å². The van der Waals surface area contributed by atoms with Gasteiger partial charge in [-0.05, 0) is 18.2 Å². The Hall–Kier alpha value is -0.900. The Kier molecular flexibility index (Phi) is 7.16. The van der Waals surface area contributed by atoms with Crippen LogP contribution in [0.3, 0.4) is 0 Å². The largest absolute Gasteiger partial charge is 1.00 e. The number of nitrogens with two attached hydrogens (primary N) is 1. The van der Waals surface area contributed by atoms with Gasteiger partial charge in [-0.2, -0.15) is 0 Å². The van der Waals surface area contributed by atoms with Crippen LogP contribution in [0.25, 0.3) is 10.8 Å². The number of halogens is 3. The van der Waals surface area contributed by atoms with E-state index in [4.69, 9.17) is 40.5 Å². The molecule has 2 N–H and O–H groups in total. The first-order valence-corrected chi connectivity index (χ1v) is 9.56. The Morgan fingerprint density at radius 3 is 2.04 bits per heavy atom. The van der Waals surface area contributed by atoms with Gasteiger partial charge in [0.2, 0.25) is 0 Å². The third-order valence-electron chi connectivity index (χ3n) is 3.54. The molecular formula is C16H9Cl3N3NaO3S. The van der Waals surface area contributed by atoms with Crippen molar-refractivity contribution in [2.75, 3.05) is 5.73 Å². The second kappa shape index (κ2) is 8.63. The van der Waals surface area contributed by atoms with E-state index in [1.807, 2.05) is 0 Å². The summed E-state index contributed by atoms with van der Waals surface area (Å²) < 4.78 is 34.8. The molecule has 0 heterocycles. The van der Waals surface area contributed by atoms with Gasteiger partial charge >= 0.3 is 29.6 Å². The Morgan fingerprint density at radius 1 is 0.926 bits per heavy atom. The van der Waals surface area contributed by atoms with Gasteiger partial charge in [0, 0.05) is 15.8 Å². The summed E-state index contributed by atoms with van der Waals surface area (Å²) in [6, 6.07) is 10.3. The molecule has 0 aliphatic carbocycles. The van der Waals surface area contributed by atoms with Crippen LogP contribution in [-0.2, 0) is 10.1 Å². The zero-order valence-corrected chi connectivity index (χ0v) is 18.9. The summed E-state index contributed by atoms with van der Waals surface area (Å²) in [5.74, 6) is 0. The number of azo groups is 1. The van der Waals surface area contributed by atoms with Crippen molar-refractivity contribution in [1.29, 1.82) is 0 Å². The van der Waals surface area contributed by atoms with Crippen molar-refractivity contribution < 1.29 is 42.5 Å². The van der Waals surface area contributed by atoms with Crippen LogP contribution >= 0.6 is 34.8 Å². The average molecular weight is 453 g/mol. The van der Waals surface area contributed by atoms with Crippen molar-refractivity contribution in [3.63, 3.8) is 0 Å². The van der Waals surface area contributed by atoms with E-state index in [2.05, 4.69) is 10.2 Å². The van der Waals surface area contributed by atoms with Gasteiger partial charge in [0.1, 0.15) is 21.5 Å². The standard InChI is InChI=1S/C16H10Cl3N3O3S.Na/c17-8-5-11(18)16(12(19)6-8)22-21-13-7-14(26(23,24)25)9-3-1-2-4-10(9)15(13)20;/h1-7H,20H2,(H,23,24,25);/q;+1/p-1. The van der Waals surface area contributed by atoms with Crippen LogP contribution in [0.2, 0.25) is 15.1 Å². The Morgan fingerprint density at radius 2 is 1.48 bits per heavy atom. The van der Waals surface area contributed by atoms with E-state index in [1.165, 1.54) is 18.2 Å². The van der Waals surface area contributed by atoms with E-state index in [0.29, 0.717) is 10.4 Å². The summed E-state index contributed by atoms with van der Waals surface area (Å²) in [6.07, 6.45) is 0. The molecule has 0 aliphatic rings. The number of rotatable bonds is 3. The number of benzene rings is 3. The molecule has 0 fully saturated rings. The topological polar surface area (TPSA) is 108 Å². The van der Waals surface area contributed by atoms with Gasteiger partial charge in [-0.1, -0.05) is 59.1 Å². The molecule has 0 bridgehead atoms. The molecule has 0 amide bonds. The minimum Gasteiger partial charge on any atom is -0.744 e. The molecule has 0 saturated heterocycles. The molecule has 3 aromatic rings. The molecule has 27 heavy (non-hydrogen) atoms. The molecule has 0 atom stereocenters. The molecular weight excluding hydrogens is 444 g/mol. The van der Waals surface area contributed by atoms with Gasteiger partial charge in [0.15, 0.2) is 0 Å². The number of hydrogen-bond acceptors (Lipinski definition) is 6. The maximum Gasteiger partial charge on any atom is 1.00 e. The Bertz CT molecular complexity index is 1150. The predicted molar refractivity (Wildman–Crippen MR) is 102 cm³/mol. The summed E-state index contributed by atoms with van der Waals surface area (Å²) in [5, 5.41) is 9.08. The third-order valence-corrected chi connectivity index (χ3v) is 5.21. The van der Waals surface area contributed by atoms with Gasteiger partial charge < -0.3 is 10.3 Å². The van der Waals surface area contributed by atoms with E-state index in [1.54, 1.807) is 18.2 Å². The summed E-state index contributed by atoms with van der Waals surface area (Å²) in [5.41, 5.74) is 6.36. The molecule has 0 radical (unpaired) electrons. The van der Waals surface area contributed by atoms with Crippen LogP contribution in [0.5, 0.6) is 0 Å². The van der Waals surface area contributed by atoms with E-state index in [0.717, 1.165) is 6.07 Å². The first-order chi connectivity index (χ1) is 12.2. The molecule has 11 heteroatoms. The van der Waals surface area contributed by atoms with E-state index < -0.39 is 15.0 Å². The molecule has 0 unspecified atom stereocenters. The number of nitrogens with zero attached hydrogens (tertiary/aromatic N) is 2. The summed E-state index contributed by atoms with van der Waals surface area (Å²) in [4.78, 5) is -0.440. The fraction of sp³-hybridized carbons (Fsp3) is 0. The normalized spacial score (nSPS) is 11.7. The van der Waals surface area contributed by atoms with Crippen LogP contribution in [0.15, 0.2) is 57.6 Å². The van der Waals surface area contributed by atoms with Crippen molar-refractivity contribution in [1.82, 2.24) is 0 Å². The van der Waals surface area contributed by atoms with E-state index >= 15 is 0 Å². The number of nitrogen functional groups attached to an aromatic ring is 1. The van der Waals surface area contributed by atoms with Gasteiger partial charge in [-0.3, -0.25) is 0 Å². The Labute approximate surface area is 192 Å². The maximum atomic E-state index is 11.6. The quantitative estimate of drug-likeness (QED) is 0.285. The first kappa shape index (κ1) is 22.4. The molecule has 3 rings (SSSR count). The molecule has 6 nitrogen and oxygen atoms in total. The fourth-order valence-electron chi connectivity index (χ4n) is 2.37. The molecule has 0 aromatic heterocycles. The maximum absolute atomic E-state index is 11.6. The van der Waals surface area contributed by atoms with Gasteiger partial charge in [-0.25, -0.2) is 8.42 Å². The van der Waals surface area contributed by atoms with Gasteiger partial charge in [0.25, 0.3) is 0 Å². The number of anilines is 1. The Balaban J connectivity index is 0.00000261. The summed E-state index contributed by atoms with van der Waals surface area (Å²) >= 11 is 17.9. The van der Waals surface area contributed by atoms with Crippen LogP contribution in [0.4, 0.5) is 17.1 Å². The van der Waals surface area contributed by atoms with Crippen LogP contribution in [0, 0.1) is 0 Å². The smallest absolute Gasteiger partial charge is 0.744 e. The SMILES string of the molecule is Nc1c(N=Nc2c(Cl)cc(Cl)cc2Cl)cc(S(=O)(=O)[O-])c2ccccc12.[Na+]. The minimum atomic E-state index is -4.75. The predicted octanol–water partition coefficient (Wildman–Crippen LogP) is 2.71. The van der Waals surface area contributed by atoms with Crippen LogP contribution in [-0.4, -0.2) is 13.0 Å². The first-order valence-electron chi connectivity index (χ1n) is 7.02. The molecule has 0 saturated carbocycles. The van der Waals surface area contributed by atoms with Crippen molar-refractivity contribution in [2.24, 2.45) is 10.2 Å². The van der Waals surface area contributed by atoms with Crippen molar-refractivity contribution in [3.05, 3.63) is 57.5 Å². The minimum absolute atomic E-state index is 0. The van der Waals surface area contributed by atoms with Crippen molar-refractivity contribution in [3.8, 4) is 0 Å². The monoisotopic (exact) mass is 451 g/mol. The zero-order chi connectivity index (χ0) is 19.1. The van der Waals surface area contributed by atoms with Crippen LogP contribution in [0.1, 0.15) is 0 Å². The van der Waals surface area contributed by atoms with Gasteiger partial charge in [-0.15, -0.1) is 10.2 Å². The fourth-order valence-corrected chi connectivity index (χ4v) is 3.97. The molecule has 3 aromatic carbocycles. The number of hydrogen-bond donors (Lipinski definition) is 1. The number of fused-ring (bicyclic) bond motifs is 1. The van der Waals surface area contributed by atoms with Gasteiger partial charge in [0.05, 0.1) is 20.6 Å². The second-order valence-corrected chi connectivity index (χ2v) is 7.82. The summed E-state index contributed by atoms with van der Waals surface area (Å²) in [6.45, 7) is 0. The second-order valence-electron chi connectivity index (χ2n) is 5.23. The molecule has 134 valence electrons. The van der Waals surface area contributed by atoms with Crippen molar-refractivity contribution in [2.45, 2.75) is 4.90 Å². The average Bonchev–Trinajstić information content (AvgIpc) is 2.54. The van der Waals surface area contributed by atoms with Crippen molar-refractivity contribution >= 4 is 72.8 Å². The summed E-state index contributed by atoms with van der Waals surface area (Å²) in [7, 11) is -4.75. The third kappa shape index (κ3) is 4.75. The van der Waals surface area contributed by atoms with E-state index in [9.17, 15) is 13.0 Å². The molecule has 0 aliphatic heterocycles.